The fraction of sp³-hybridized carbons (Fsp3) is 0.238. The molecule has 5 heteroatoms. The topological polar surface area (TPSA) is 66.1 Å². The van der Waals surface area contributed by atoms with E-state index in [1.165, 1.54) is 0 Å². The molecule has 0 saturated heterocycles. The average molecular weight is 348 g/mol. The van der Waals surface area contributed by atoms with E-state index in [-0.39, 0.29) is 0 Å². The molecule has 0 atom stereocenters. The van der Waals surface area contributed by atoms with Crippen LogP contribution in [0.2, 0.25) is 0 Å². The number of aromatic amines is 2. The van der Waals surface area contributed by atoms with Gasteiger partial charge in [-0.2, -0.15) is 0 Å². The predicted octanol–water partition coefficient (Wildman–Crippen LogP) is 5.67. The standard InChI is InChI=1S/C21H24N4O/c1-7-19-22-14(6)20(24-19)15-8-9-17-16(10-15)11-18(23-17)21(12(2)3)26-25-13(4)5/h7-11,23H,1H2,2-6H3,(H,22,24). The zero-order chi connectivity index (χ0) is 18.8. The van der Waals surface area contributed by atoms with Gasteiger partial charge in [-0.3, -0.25) is 0 Å². The third-order valence-electron chi connectivity index (χ3n) is 4.01. The lowest BCUT2D eigenvalue weighted by atomic mass is 10.1. The van der Waals surface area contributed by atoms with E-state index >= 15 is 0 Å². The molecule has 0 spiro atoms. The highest BCUT2D eigenvalue weighted by molar-refractivity contribution is 5.88. The lowest BCUT2D eigenvalue weighted by Gasteiger charge is -2.05. The quantitative estimate of drug-likeness (QED) is 0.354. The Balaban J connectivity index is 2.04. The van der Waals surface area contributed by atoms with E-state index in [0.29, 0.717) is 0 Å². The van der Waals surface area contributed by atoms with Crippen LogP contribution in [-0.4, -0.2) is 20.7 Å². The average Bonchev–Trinajstić information content (AvgIpc) is 3.16. The Morgan fingerprint density at radius 3 is 2.54 bits per heavy atom. The molecule has 0 aliphatic rings. The van der Waals surface area contributed by atoms with E-state index in [9.17, 15) is 0 Å². The van der Waals surface area contributed by atoms with Crippen molar-refractivity contribution < 1.29 is 4.84 Å². The van der Waals surface area contributed by atoms with Gasteiger partial charge in [-0.25, -0.2) is 4.98 Å². The van der Waals surface area contributed by atoms with Crippen LogP contribution in [0.1, 0.15) is 44.9 Å². The van der Waals surface area contributed by atoms with Crippen LogP contribution < -0.4 is 0 Å². The molecule has 134 valence electrons. The fourth-order valence-corrected chi connectivity index (χ4v) is 2.81. The van der Waals surface area contributed by atoms with E-state index in [2.05, 4.69) is 51.0 Å². The Kier molecular flexibility index (Phi) is 4.80. The number of rotatable bonds is 5. The molecule has 26 heavy (non-hydrogen) atoms. The van der Waals surface area contributed by atoms with Crippen molar-refractivity contribution in [2.24, 2.45) is 5.16 Å². The second-order valence-electron chi connectivity index (χ2n) is 6.74. The van der Waals surface area contributed by atoms with Crippen molar-refractivity contribution in [2.45, 2.75) is 34.6 Å². The summed E-state index contributed by atoms with van der Waals surface area (Å²) in [5, 5.41) is 5.19. The summed E-state index contributed by atoms with van der Waals surface area (Å²) in [6, 6.07) is 8.34. The van der Waals surface area contributed by atoms with Gasteiger partial charge < -0.3 is 14.8 Å². The second kappa shape index (κ2) is 7.04. The number of imidazole rings is 1. The van der Waals surface area contributed by atoms with Crippen molar-refractivity contribution in [3.8, 4) is 11.3 Å². The number of H-pyrrole nitrogens is 2. The largest absolute Gasteiger partial charge is 0.355 e. The molecule has 0 aliphatic heterocycles. The van der Waals surface area contributed by atoms with Gasteiger partial charge in [-0.15, -0.1) is 0 Å². The van der Waals surface area contributed by atoms with E-state index in [1.54, 1.807) is 6.08 Å². The number of oxime groups is 1. The van der Waals surface area contributed by atoms with E-state index < -0.39 is 0 Å². The highest BCUT2D eigenvalue weighted by atomic mass is 16.6. The first-order valence-electron chi connectivity index (χ1n) is 8.57. The van der Waals surface area contributed by atoms with Gasteiger partial charge in [-0.05, 0) is 64.5 Å². The minimum atomic E-state index is 0.744. The van der Waals surface area contributed by atoms with Crippen LogP contribution in [0.4, 0.5) is 0 Å². The molecule has 0 fully saturated rings. The molecule has 0 amide bonds. The summed E-state index contributed by atoms with van der Waals surface area (Å²) in [6.45, 7) is 13.6. The first-order valence-corrected chi connectivity index (χ1v) is 8.57. The lowest BCUT2D eigenvalue weighted by Crippen LogP contribution is -1.92. The number of nitrogens with one attached hydrogen (secondary N) is 2. The van der Waals surface area contributed by atoms with Gasteiger partial charge in [0.05, 0.1) is 17.1 Å². The van der Waals surface area contributed by atoms with Crippen molar-refractivity contribution in [1.82, 2.24) is 15.0 Å². The molecule has 0 saturated carbocycles. The summed E-state index contributed by atoms with van der Waals surface area (Å²) in [5.41, 5.74) is 6.90. The van der Waals surface area contributed by atoms with Crippen LogP contribution in [0.5, 0.6) is 0 Å². The number of allylic oxidation sites excluding steroid dienone is 1. The third kappa shape index (κ3) is 3.47. The van der Waals surface area contributed by atoms with E-state index in [1.807, 2.05) is 34.6 Å². The van der Waals surface area contributed by atoms with Crippen LogP contribution in [-0.2, 0) is 4.84 Å². The summed E-state index contributed by atoms with van der Waals surface area (Å²) in [4.78, 5) is 16.9. The molecule has 2 heterocycles. The lowest BCUT2D eigenvalue weighted by molar-refractivity contribution is 0.293. The molecule has 0 bridgehead atoms. The van der Waals surface area contributed by atoms with E-state index in [0.717, 1.165) is 56.4 Å². The van der Waals surface area contributed by atoms with Gasteiger partial charge in [0.25, 0.3) is 0 Å². The maximum absolute atomic E-state index is 5.64. The van der Waals surface area contributed by atoms with Crippen LogP contribution in [0.25, 0.3) is 34.0 Å². The van der Waals surface area contributed by atoms with Crippen LogP contribution in [0.3, 0.4) is 0 Å². The summed E-state index contributed by atoms with van der Waals surface area (Å²) < 4.78 is 0. The molecule has 2 aromatic heterocycles. The molecular formula is C21H24N4O. The molecule has 0 unspecified atom stereocenters. The summed E-state index contributed by atoms with van der Waals surface area (Å²) >= 11 is 0. The Hall–Kier alpha value is -3.08. The van der Waals surface area contributed by atoms with Gasteiger partial charge in [0.2, 0.25) is 0 Å². The van der Waals surface area contributed by atoms with Crippen molar-refractivity contribution in [2.75, 3.05) is 0 Å². The fourth-order valence-electron chi connectivity index (χ4n) is 2.81. The van der Waals surface area contributed by atoms with Gasteiger partial charge in [0.15, 0.2) is 5.76 Å². The molecule has 3 rings (SSSR count). The van der Waals surface area contributed by atoms with Crippen molar-refractivity contribution in [3.05, 3.63) is 53.6 Å². The normalized spacial score (nSPS) is 10.7. The van der Waals surface area contributed by atoms with Gasteiger partial charge >= 0.3 is 0 Å². The number of hydrogen-bond acceptors (Lipinski definition) is 3. The first-order chi connectivity index (χ1) is 12.4. The zero-order valence-electron chi connectivity index (χ0n) is 15.9. The molecule has 0 radical (unpaired) electrons. The number of aryl methyl sites for hydroxylation is 1. The minimum Gasteiger partial charge on any atom is -0.355 e. The Morgan fingerprint density at radius 1 is 1.15 bits per heavy atom. The smallest absolute Gasteiger partial charge is 0.179 e. The molecular weight excluding hydrogens is 324 g/mol. The van der Waals surface area contributed by atoms with Crippen LogP contribution >= 0.6 is 0 Å². The van der Waals surface area contributed by atoms with Crippen molar-refractivity contribution in [3.63, 3.8) is 0 Å². The Labute approximate surface area is 153 Å². The van der Waals surface area contributed by atoms with Crippen LogP contribution in [0.15, 0.2) is 41.6 Å². The summed E-state index contributed by atoms with van der Waals surface area (Å²) in [5.74, 6) is 1.52. The van der Waals surface area contributed by atoms with Crippen LogP contribution in [0, 0.1) is 6.92 Å². The number of aromatic nitrogens is 3. The summed E-state index contributed by atoms with van der Waals surface area (Å²) in [6.07, 6.45) is 1.72. The van der Waals surface area contributed by atoms with Gasteiger partial charge in [0, 0.05) is 22.2 Å². The maximum Gasteiger partial charge on any atom is 0.179 e. The number of fused-ring (bicyclic) bond motifs is 1. The van der Waals surface area contributed by atoms with Crippen molar-refractivity contribution in [1.29, 1.82) is 0 Å². The number of nitrogens with zero attached hydrogens (tertiary/aromatic N) is 2. The number of hydrogen-bond donors (Lipinski definition) is 2. The molecule has 2 N–H and O–H groups in total. The minimum absolute atomic E-state index is 0.744. The van der Waals surface area contributed by atoms with E-state index in [4.69, 9.17) is 4.84 Å². The SMILES string of the molecule is C=Cc1nc(-c2ccc3[nH]c(C(ON=C(C)C)=C(C)C)cc3c2)c(C)[nH]1. The Morgan fingerprint density at radius 2 is 1.92 bits per heavy atom. The predicted molar refractivity (Wildman–Crippen MR) is 109 cm³/mol. The Bertz CT molecular complexity index is 1030. The maximum atomic E-state index is 5.64. The first kappa shape index (κ1) is 17.7. The van der Waals surface area contributed by atoms with Gasteiger partial charge in [0.1, 0.15) is 5.82 Å². The third-order valence-corrected chi connectivity index (χ3v) is 4.01. The molecule has 5 nitrogen and oxygen atoms in total. The molecule has 3 aromatic rings. The van der Waals surface area contributed by atoms with Crippen molar-refractivity contribution >= 4 is 28.4 Å². The molecule has 0 aliphatic carbocycles. The zero-order valence-corrected chi connectivity index (χ0v) is 15.9. The summed E-state index contributed by atoms with van der Waals surface area (Å²) in [7, 11) is 0. The molecule has 1 aromatic carbocycles. The highest BCUT2D eigenvalue weighted by Gasteiger charge is 2.13. The highest BCUT2D eigenvalue weighted by Crippen LogP contribution is 2.29. The second-order valence-corrected chi connectivity index (χ2v) is 6.74. The van der Waals surface area contributed by atoms with Gasteiger partial charge in [-0.1, -0.05) is 17.8 Å². The monoisotopic (exact) mass is 348 g/mol. The number of benzene rings is 1.